The molecule has 6 N–H and O–H groups in total. The molecule has 0 radical (unpaired) electrons. The molecule has 1 aromatic carbocycles. The number of carbonyl (C=O) groups excluding carboxylic acids is 1. The number of aromatic nitrogens is 6. The summed E-state index contributed by atoms with van der Waals surface area (Å²) in [6.45, 7) is -1.24. The number of fused-ring (bicyclic) bond motifs is 5. The van der Waals surface area contributed by atoms with Gasteiger partial charge in [0.25, 0.3) is 11.5 Å². The molecule has 1 amide bonds. The standard InChI is InChI=1S/C29H30N8O13P2S/c1-44-21-18-9-46-51(40,41)49-15-7-16(23-19-14(10-53-23)24(32-11-31-19)34-26(38)13-5-3-2-4-6-13)47-17(15)8-45-52(42,43)50-22(21)28(48-18)37-12-33-20-25(37)35-29(30)36-27(20)39/h2-6,10-12,15-18,21-22,28H,7-9H2,1H3,(H,40,41)(H,42,43)(H3,30,35,36,39)(H,31,32,34,38)/t15-,16+,17+,18+,21+,22+,28+/m0/s1. The van der Waals surface area contributed by atoms with Gasteiger partial charge in [0.2, 0.25) is 5.95 Å². The molecule has 280 valence electrons. The van der Waals surface area contributed by atoms with Crippen molar-refractivity contribution in [1.82, 2.24) is 29.5 Å². The maximum Gasteiger partial charge on any atom is 0.472 e. The number of amides is 1. The second kappa shape index (κ2) is 14.0. The Bertz CT molecular complexity index is 2340. The summed E-state index contributed by atoms with van der Waals surface area (Å²) in [7, 11) is -8.59. The Morgan fingerprint density at radius 1 is 1.04 bits per heavy atom. The van der Waals surface area contributed by atoms with Gasteiger partial charge in [-0.3, -0.25) is 37.2 Å². The summed E-state index contributed by atoms with van der Waals surface area (Å²) >= 11 is 1.24. The van der Waals surface area contributed by atoms with E-state index in [9.17, 15) is 28.5 Å². The van der Waals surface area contributed by atoms with Crippen LogP contribution in [0, 0.1) is 0 Å². The van der Waals surface area contributed by atoms with Crippen molar-refractivity contribution in [1.29, 1.82) is 0 Å². The maximum absolute atomic E-state index is 13.5. The van der Waals surface area contributed by atoms with Gasteiger partial charge in [-0.05, 0) is 12.1 Å². The second-order valence-corrected chi connectivity index (χ2v) is 15.8. The fourth-order valence-electron chi connectivity index (χ4n) is 6.44. The first kappa shape index (κ1) is 36.0. The predicted molar refractivity (Wildman–Crippen MR) is 183 cm³/mol. The number of methoxy groups -OCH3 is 1. The molecule has 0 aliphatic carbocycles. The molecule has 8 rings (SSSR count). The number of rotatable bonds is 5. The third-order valence-electron chi connectivity index (χ3n) is 8.79. The number of nitrogen functional groups attached to an aromatic ring is 1. The van der Waals surface area contributed by atoms with Crippen LogP contribution in [-0.4, -0.2) is 96.0 Å². The van der Waals surface area contributed by atoms with E-state index >= 15 is 0 Å². The van der Waals surface area contributed by atoms with E-state index in [0.717, 1.165) is 0 Å². The first-order valence-electron chi connectivity index (χ1n) is 15.9. The van der Waals surface area contributed by atoms with Gasteiger partial charge in [0, 0.05) is 24.5 Å². The minimum Gasteiger partial charge on any atom is -0.376 e. The molecule has 3 fully saturated rings. The molecular formula is C29H30N8O13P2S. The van der Waals surface area contributed by atoms with Gasteiger partial charge in [-0.25, -0.2) is 24.1 Å². The van der Waals surface area contributed by atoms with Crippen LogP contribution in [-0.2, 0) is 41.4 Å². The normalized spacial score (nSPS) is 32.2. The summed E-state index contributed by atoms with van der Waals surface area (Å²) in [5.74, 6) is -0.347. The average Bonchev–Trinajstić information content (AvgIpc) is 3.91. The van der Waals surface area contributed by atoms with Crippen molar-refractivity contribution in [2.24, 2.45) is 0 Å². The van der Waals surface area contributed by atoms with E-state index in [2.05, 4.69) is 30.2 Å². The van der Waals surface area contributed by atoms with Gasteiger partial charge in [-0.1, -0.05) is 18.2 Å². The van der Waals surface area contributed by atoms with Gasteiger partial charge in [0.1, 0.15) is 42.7 Å². The zero-order chi connectivity index (χ0) is 37.1. The zero-order valence-corrected chi connectivity index (χ0v) is 29.9. The number of thiophene rings is 1. The van der Waals surface area contributed by atoms with Crippen LogP contribution >= 0.6 is 27.0 Å². The number of hydrogen-bond acceptors (Lipinski definition) is 17. The van der Waals surface area contributed by atoms with Crippen LogP contribution in [0.4, 0.5) is 11.8 Å². The van der Waals surface area contributed by atoms with Crippen LogP contribution in [0.2, 0.25) is 0 Å². The molecule has 2 bridgehead atoms. The van der Waals surface area contributed by atoms with Crippen LogP contribution in [0.5, 0.6) is 0 Å². The lowest BCUT2D eigenvalue weighted by molar-refractivity contribution is -0.0633. The number of hydrogen-bond donors (Lipinski definition) is 5. The Balaban J connectivity index is 1.06. The monoisotopic (exact) mass is 792 g/mol. The van der Waals surface area contributed by atoms with E-state index in [-0.39, 0.29) is 35.3 Å². The molecule has 7 heterocycles. The van der Waals surface area contributed by atoms with E-state index in [0.29, 0.717) is 21.3 Å². The van der Waals surface area contributed by atoms with Crippen LogP contribution in [0.1, 0.15) is 34.0 Å². The summed E-state index contributed by atoms with van der Waals surface area (Å²) in [5.41, 5.74) is 5.82. The van der Waals surface area contributed by atoms with Crippen molar-refractivity contribution in [3.8, 4) is 0 Å². The molecule has 5 aromatic rings. The summed E-state index contributed by atoms with van der Waals surface area (Å²) in [6, 6.07) is 8.59. The highest BCUT2D eigenvalue weighted by Crippen LogP contribution is 2.54. The van der Waals surface area contributed by atoms with Gasteiger partial charge in [-0.15, -0.1) is 11.3 Å². The largest absolute Gasteiger partial charge is 0.472 e. The van der Waals surface area contributed by atoms with Gasteiger partial charge in [-0.2, -0.15) is 4.98 Å². The molecule has 24 heteroatoms. The third-order valence-corrected chi connectivity index (χ3v) is 11.9. The van der Waals surface area contributed by atoms with Crippen LogP contribution < -0.4 is 16.6 Å². The van der Waals surface area contributed by atoms with E-state index in [1.54, 1.807) is 35.7 Å². The number of benzene rings is 1. The Kier molecular flexibility index (Phi) is 9.50. The van der Waals surface area contributed by atoms with Crippen LogP contribution in [0.3, 0.4) is 0 Å². The van der Waals surface area contributed by atoms with E-state index in [1.807, 2.05) is 0 Å². The van der Waals surface area contributed by atoms with Gasteiger partial charge >= 0.3 is 15.6 Å². The maximum atomic E-state index is 13.5. The Morgan fingerprint density at radius 3 is 2.57 bits per heavy atom. The molecule has 3 aliphatic rings. The number of aromatic amines is 1. The molecule has 21 nitrogen and oxygen atoms in total. The molecule has 9 atom stereocenters. The fraction of sp³-hybridized carbons (Fsp3) is 0.379. The van der Waals surface area contributed by atoms with E-state index in [1.165, 1.54) is 35.7 Å². The van der Waals surface area contributed by atoms with Gasteiger partial charge in [0.05, 0.1) is 41.4 Å². The Labute approximate surface area is 301 Å². The minimum absolute atomic E-state index is 0.0157. The van der Waals surface area contributed by atoms with Crippen molar-refractivity contribution in [3.05, 3.63) is 69.2 Å². The third kappa shape index (κ3) is 7.05. The number of H-pyrrole nitrogens is 1. The number of phosphoric acid groups is 2. The van der Waals surface area contributed by atoms with E-state index < -0.39 is 77.3 Å². The van der Waals surface area contributed by atoms with Crippen LogP contribution in [0.15, 0.2) is 53.2 Å². The molecular weight excluding hydrogens is 762 g/mol. The number of nitrogens with one attached hydrogen (secondary N) is 2. The Hall–Kier alpha value is -4.02. The summed E-state index contributed by atoms with van der Waals surface area (Å²) in [4.78, 5) is 66.8. The lowest BCUT2D eigenvalue weighted by Crippen LogP contribution is -2.37. The summed E-state index contributed by atoms with van der Waals surface area (Å²) in [6.07, 6.45) is -5.84. The predicted octanol–water partition coefficient (Wildman–Crippen LogP) is 2.42. The summed E-state index contributed by atoms with van der Waals surface area (Å²) in [5, 5.41) is 5.05. The van der Waals surface area contributed by atoms with Crippen molar-refractivity contribution in [2.45, 2.75) is 49.3 Å². The lowest BCUT2D eigenvalue weighted by Gasteiger charge is -2.26. The summed E-state index contributed by atoms with van der Waals surface area (Å²) < 4.78 is 67.9. The molecule has 53 heavy (non-hydrogen) atoms. The van der Waals surface area contributed by atoms with Crippen molar-refractivity contribution < 1.29 is 56.0 Å². The number of nitrogens with two attached hydrogens (primary N) is 1. The van der Waals surface area contributed by atoms with Gasteiger partial charge in [0.15, 0.2) is 17.4 Å². The van der Waals surface area contributed by atoms with Crippen LogP contribution in [0.25, 0.3) is 22.1 Å². The first-order chi connectivity index (χ1) is 25.4. The number of imidazole rings is 1. The first-order valence-corrected chi connectivity index (χ1v) is 19.7. The molecule has 0 saturated carbocycles. The smallest absolute Gasteiger partial charge is 0.376 e. The van der Waals surface area contributed by atoms with Crippen molar-refractivity contribution in [3.63, 3.8) is 0 Å². The SMILES string of the molecule is CO[C@H]1[C@H]2OP(=O)(O)OC[C@H]3O[C@@H](c4scc5c(NC(=O)c6ccccc6)ncnc45)C[C@@H]3OP(=O)(O)OC[C@H]1O[C@H]2n1cnc2c(=O)[nH]c(N)nc21. The van der Waals surface area contributed by atoms with E-state index in [4.69, 9.17) is 38.0 Å². The quantitative estimate of drug-likeness (QED) is 0.160. The Morgan fingerprint density at radius 2 is 1.79 bits per heavy atom. The second-order valence-electron chi connectivity index (χ2n) is 12.1. The average molecular weight is 793 g/mol. The highest BCUT2D eigenvalue weighted by atomic mass is 32.1. The highest BCUT2D eigenvalue weighted by Gasteiger charge is 2.53. The lowest BCUT2D eigenvalue weighted by atomic mass is 10.1. The van der Waals surface area contributed by atoms with Crippen molar-refractivity contribution >= 4 is 66.7 Å². The molecule has 3 saturated heterocycles. The number of anilines is 2. The van der Waals surface area contributed by atoms with Crippen molar-refractivity contribution in [2.75, 3.05) is 31.4 Å². The minimum atomic E-state index is -4.99. The topological polar surface area (TPSA) is 284 Å². The molecule has 0 spiro atoms. The molecule has 2 unspecified atom stereocenters. The number of carbonyl (C=O) groups is 1. The number of ether oxygens (including phenoxy) is 3. The molecule has 4 aromatic heterocycles. The number of nitrogens with zero attached hydrogens (tertiary/aromatic N) is 5. The fourth-order valence-corrected chi connectivity index (χ4v) is 9.37. The molecule has 3 aliphatic heterocycles. The van der Waals surface area contributed by atoms with Gasteiger partial charge < -0.3 is 35.0 Å². The highest BCUT2D eigenvalue weighted by molar-refractivity contribution is 7.47. The zero-order valence-electron chi connectivity index (χ0n) is 27.3. The number of phosphoric ester groups is 2.